The fourth-order valence-electron chi connectivity index (χ4n) is 1.22. The van der Waals surface area contributed by atoms with Crippen molar-refractivity contribution in [1.29, 1.82) is 0 Å². The largest absolute Gasteiger partial charge is 0.491 e. The Kier molecular flexibility index (Phi) is 6.50. The van der Waals surface area contributed by atoms with E-state index in [1.165, 1.54) is 7.11 Å². The molecule has 0 spiro atoms. The number of methoxy groups -OCH3 is 1. The average Bonchev–Trinajstić information content (AvgIpc) is 2.38. The molecule has 0 bridgehead atoms. The zero-order chi connectivity index (χ0) is 12.5. The molecule has 0 radical (unpaired) electrons. The molecular formula is C12H16O4S. The van der Waals surface area contributed by atoms with E-state index in [2.05, 4.69) is 17.4 Å². The Morgan fingerprint density at radius 3 is 2.82 bits per heavy atom. The lowest BCUT2D eigenvalue weighted by Gasteiger charge is -2.07. The zero-order valence-electron chi connectivity index (χ0n) is 9.72. The van der Waals surface area contributed by atoms with Crippen LogP contribution in [0.25, 0.3) is 0 Å². The molecule has 17 heavy (non-hydrogen) atoms. The second-order valence-corrected chi connectivity index (χ2v) is 3.65. The lowest BCUT2D eigenvalue weighted by Crippen LogP contribution is -2.08. The summed E-state index contributed by atoms with van der Waals surface area (Å²) in [5.74, 6) is 0.946. The summed E-state index contributed by atoms with van der Waals surface area (Å²) in [5.41, 5.74) is 0.473. The Balaban J connectivity index is 2.40. The van der Waals surface area contributed by atoms with Crippen LogP contribution in [-0.2, 0) is 9.47 Å². The van der Waals surface area contributed by atoms with Gasteiger partial charge in [-0.1, -0.05) is 6.07 Å². The molecule has 94 valence electrons. The first-order valence-corrected chi connectivity index (χ1v) is 5.91. The van der Waals surface area contributed by atoms with E-state index in [-0.39, 0.29) is 5.97 Å². The Morgan fingerprint density at radius 2 is 2.12 bits per heavy atom. The van der Waals surface area contributed by atoms with Crippen molar-refractivity contribution in [3.05, 3.63) is 29.8 Å². The average molecular weight is 256 g/mol. The quantitative estimate of drug-likeness (QED) is 0.459. The molecule has 0 N–H and O–H groups in total. The van der Waals surface area contributed by atoms with E-state index in [0.29, 0.717) is 36.9 Å². The lowest BCUT2D eigenvalue weighted by atomic mass is 10.2. The molecule has 0 aromatic heterocycles. The second kappa shape index (κ2) is 7.97. The fraction of sp³-hybridized carbons (Fsp3) is 0.417. The standard InChI is InChI=1S/C12H16O4S/c1-14-12(13)10-3-2-4-11(9-10)16-6-5-15-7-8-17/h2-4,9,17H,5-8H2,1H3. The third-order valence-corrected chi connectivity index (χ3v) is 2.17. The predicted octanol–water partition coefficient (Wildman–Crippen LogP) is 1.80. The molecular weight excluding hydrogens is 240 g/mol. The monoisotopic (exact) mass is 256 g/mol. The van der Waals surface area contributed by atoms with E-state index in [1.807, 2.05) is 0 Å². The zero-order valence-corrected chi connectivity index (χ0v) is 10.6. The normalized spacial score (nSPS) is 10.0. The maximum atomic E-state index is 11.3. The third kappa shape index (κ3) is 5.10. The molecule has 0 fully saturated rings. The van der Waals surface area contributed by atoms with Crippen molar-refractivity contribution in [1.82, 2.24) is 0 Å². The number of esters is 1. The van der Waals surface area contributed by atoms with E-state index in [1.54, 1.807) is 24.3 Å². The first-order valence-electron chi connectivity index (χ1n) is 5.27. The van der Waals surface area contributed by atoms with Gasteiger partial charge in [0.2, 0.25) is 0 Å². The van der Waals surface area contributed by atoms with Crippen LogP contribution in [0.4, 0.5) is 0 Å². The highest BCUT2D eigenvalue weighted by Crippen LogP contribution is 2.13. The number of benzene rings is 1. The molecule has 0 saturated carbocycles. The van der Waals surface area contributed by atoms with Gasteiger partial charge in [0.05, 0.1) is 25.9 Å². The van der Waals surface area contributed by atoms with Crippen LogP contribution in [0, 0.1) is 0 Å². The van der Waals surface area contributed by atoms with Gasteiger partial charge < -0.3 is 14.2 Å². The molecule has 0 atom stereocenters. The summed E-state index contributed by atoms with van der Waals surface area (Å²) in [6, 6.07) is 6.85. The summed E-state index contributed by atoms with van der Waals surface area (Å²) in [6.45, 7) is 1.55. The Labute approximate surface area is 106 Å². The minimum atomic E-state index is -0.373. The Morgan fingerprint density at radius 1 is 1.29 bits per heavy atom. The van der Waals surface area contributed by atoms with E-state index in [9.17, 15) is 4.79 Å². The summed E-state index contributed by atoms with van der Waals surface area (Å²) in [4.78, 5) is 11.3. The maximum absolute atomic E-state index is 11.3. The molecule has 0 saturated heterocycles. The van der Waals surface area contributed by atoms with Crippen LogP contribution in [0.3, 0.4) is 0 Å². The van der Waals surface area contributed by atoms with Gasteiger partial charge in [0.1, 0.15) is 12.4 Å². The molecule has 0 heterocycles. The number of thiol groups is 1. The van der Waals surface area contributed by atoms with Gasteiger partial charge in [-0.2, -0.15) is 12.6 Å². The molecule has 1 rings (SSSR count). The smallest absolute Gasteiger partial charge is 0.337 e. The summed E-state index contributed by atoms with van der Waals surface area (Å²) < 4.78 is 15.3. The van der Waals surface area contributed by atoms with Crippen molar-refractivity contribution in [2.24, 2.45) is 0 Å². The van der Waals surface area contributed by atoms with Crippen LogP contribution in [0.15, 0.2) is 24.3 Å². The molecule has 0 aliphatic carbocycles. The van der Waals surface area contributed by atoms with Gasteiger partial charge in [-0.05, 0) is 18.2 Å². The van der Waals surface area contributed by atoms with Gasteiger partial charge in [0.15, 0.2) is 0 Å². The van der Waals surface area contributed by atoms with Crippen LogP contribution in [0.2, 0.25) is 0 Å². The molecule has 1 aromatic carbocycles. The van der Waals surface area contributed by atoms with Gasteiger partial charge in [-0.3, -0.25) is 0 Å². The molecule has 4 nitrogen and oxygen atoms in total. The topological polar surface area (TPSA) is 44.8 Å². The van der Waals surface area contributed by atoms with Gasteiger partial charge >= 0.3 is 5.97 Å². The maximum Gasteiger partial charge on any atom is 0.337 e. The summed E-state index contributed by atoms with van der Waals surface area (Å²) in [7, 11) is 1.35. The number of rotatable bonds is 7. The van der Waals surface area contributed by atoms with E-state index < -0.39 is 0 Å². The van der Waals surface area contributed by atoms with E-state index >= 15 is 0 Å². The minimum Gasteiger partial charge on any atom is -0.491 e. The van der Waals surface area contributed by atoms with Crippen molar-refractivity contribution >= 4 is 18.6 Å². The van der Waals surface area contributed by atoms with E-state index in [0.717, 1.165) is 0 Å². The van der Waals surface area contributed by atoms with E-state index in [4.69, 9.17) is 9.47 Å². The Hall–Kier alpha value is -1.20. The first-order chi connectivity index (χ1) is 8.27. The van der Waals surface area contributed by atoms with Gasteiger partial charge in [-0.25, -0.2) is 4.79 Å². The van der Waals surface area contributed by atoms with Crippen LogP contribution in [0.1, 0.15) is 10.4 Å². The second-order valence-electron chi connectivity index (χ2n) is 3.20. The van der Waals surface area contributed by atoms with Gasteiger partial charge in [-0.15, -0.1) is 0 Å². The molecule has 0 aliphatic heterocycles. The van der Waals surface area contributed by atoms with Gasteiger partial charge in [0, 0.05) is 5.75 Å². The highest BCUT2D eigenvalue weighted by Gasteiger charge is 2.05. The van der Waals surface area contributed by atoms with Crippen molar-refractivity contribution in [2.45, 2.75) is 0 Å². The third-order valence-electron chi connectivity index (χ3n) is 1.99. The van der Waals surface area contributed by atoms with Crippen LogP contribution in [-0.4, -0.2) is 38.7 Å². The fourth-order valence-corrected chi connectivity index (χ4v) is 1.34. The number of carbonyl (C=O) groups is 1. The molecule has 0 amide bonds. The highest BCUT2D eigenvalue weighted by molar-refractivity contribution is 7.80. The molecule has 1 aromatic rings. The van der Waals surface area contributed by atoms with Crippen molar-refractivity contribution < 1.29 is 19.0 Å². The van der Waals surface area contributed by atoms with Crippen molar-refractivity contribution in [2.75, 3.05) is 32.7 Å². The number of carbonyl (C=O) groups excluding carboxylic acids is 1. The van der Waals surface area contributed by atoms with Crippen LogP contribution in [0.5, 0.6) is 5.75 Å². The van der Waals surface area contributed by atoms with Crippen molar-refractivity contribution in [3.8, 4) is 5.75 Å². The van der Waals surface area contributed by atoms with Crippen LogP contribution >= 0.6 is 12.6 Å². The Bertz CT molecular complexity index is 354. The lowest BCUT2D eigenvalue weighted by molar-refractivity contribution is 0.0600. The minimum absolute atomic E-state index is 0.373. The van der Waals surface area contributed by atoms with Crippen LogP contribution < -0.4 is 4.74 Å². The molecule has 5 heteroatoms. The highest BCUT2D eigenvalue weighted by atomic mass is 32.1. The number of hydrogen-bond acceptors (Lipinski definition) is 5. The number of ether oxygens (including phenoxy) is 3. The summed E-state index contributed by atoms with van der Waals surface area (Å²) >= 11 is 4.02. The number of hydrogen-bond donors (Lipinski definition) is 1. The molecule has 0 unspecified atom stereocenters. The SMILES string of the molecule is COC(=O)c1cccc(OCCOCCS)c1. The molecule has 0 aliphatic rings. The van der Waals surface area contributed by atoms with Crippen molar-refractivity contribution in [3.63, 3.8) is 0 Å². The summed E-state index contributed by atoms with van der Waals surface area (Å²) in [5, 5.41) is 0. The first kappa shape index (κ1) is 13.9. The summed E-state index contributed by atoms with van der Waals surface area (Å²) in [6.07, 6.45) is 0. The van der Waals surface area contributed by atoms with Gasteiger partial charge in [0.25, 0.3) is 0 Å². The predicted molar refractivity (Wildman–Crippen MR) is 67.9 cm³/mol.